The van der Waals surface area contributed by atoms with Crippen LogP contribution < -0.4 is 0 Å². The summed E-state index contributed by atoms with van der Waals surface area (Å²) in [7, 11) is 0. The lowest BCUT2D eigenvalue weighted by Crippen LogP contribution is -1.93. The lowest BCUT2D eigenvalue weighted by molar-refractivity contribution is 0.516. The molecule has 1 heterocycles. The molecule has 0 amide bonds. The van der Waals surface area contributed by atoms with Crippen molar-refractivity contribution < 1.29 is 4.42 Å². The Kier molecular flexibility index (Phi) is 2.49. The minimum atomic E-state index is -0.166. The van der Waals surface area contributed by atoms with E-state index in [1.807, 2.05) is 12.1 Å². The quantitative estimate of drug-likeness (QED) is 0.711. The van der Waals surface area contributed by atoms with Crippen molar-refractivity contribution in [3.05, 3.63) is 59.0 Å². The van der Waals surface area contributed by atoms with Crippen LogP contribution in [0.25, 0.3) is 0 Å². The largest absolute Gasteiger partial charge is 0.467 e. The Bertz CT molecular complexity index is 487. The standard InChI is InChI=1S/C14H13ClO/c15-14(13-5-2-8-16-13)12-7-6-10-3-1-4-11(10)9-12/h2,5-9,14H,1,3-4H2. The molecule has 16 heavy (non-hydrogen) atoms. The van der Waals surface area contributed by atoms with E-state index in [0.29, 0.717) is 0 Å². The third-order valence-electron chi connectivity index (χ3n) is 3.21. The van der Waals surface area contributed by atoms with Crippen LogP contribution in [0.15, 0.2) is 41.0 Å². The van der Waals surface area contributed by atoms with Crippen LogP contribution in [0.5, 0.6) is 0 Å². The van der Waals surface area contributed by atoms with E-state index in [1.165, 1.54) is 30.4 Å². The Labute approximate surface area is 100 Å². The average Bonchev–Trinajstić information content (AvgIpc) is 2.98. The average molecular weight is 233 g/mol. The topological polar surface area (TPSA) is 13.1 Å². The maximum absolute atomic E-state index is 6.38. The van der Waals surface area contributed by atoms with Crippen LogP contribution in [0.3, 0.4) is 0 Å². The number of hydrogen-bond donors (Lipinski definition) is 0. The summed E-state index contributed by atoms with van der Waals surface area (Å²) in [5, 5.41) is -0.166. The fourth-order valence-electron chi connectivity index (χ4n) is 2.35. The molecule has 1 aliphatic rings. The van der Waals surface area contributed by atoms with E-state index in [9.17, 15) is 0 Å². The molecule has 1 nitrogen and oxygen atoms in total. The SMILES string of the molecule is ClC(c1ccc2c(c1)CCC2)c1ccco1. The van der Waals surface area contributed by atoms with Gasteiger partial charge in [0.15, 0.2) is 0 Å². The smallest absolute Gasteiger partial charge is 0.126 e. The third-order valence-corrected chi connectivity index (χ3v) is 3.68. The highest BCUT2D eigenvalue weighted by atomic mass is 35.5. The van der Waals surface area contributed by atoms with Gasteiger partial charge < -0.3 is 4.42 Å². The highest BCUT2D eigenvalue weighted by Gasteiger charge is 2.17. The molecular formula is C14H13ClO. The zero-order valence-electron chi connectivity index (χ0n) is 8.95. The highest BCUT2D eigenvalue weighted by molar-refractivity contribution is 6.22. The Morgan fingerprint density at radius 3 is 2.81 bits per heavy atom. The van der Waals surface area contributed by atoms with Crippen LogP contribution in [-0.4, -0.2) is 0 Å². The van der Waals surface area contributed by atoms with Gasteiger partial charge in [-0.3, -0.25) is 0 Å². The van der Waals surface area contributed by atoms with E-state index in [4.69, 9.17) is 16.0 Å². The van der Waals surface area contributed by atoms with Crippen LogP contribution >= 0.6 is 11.6 Å². The van der Waals surface area contributed by atoms with Crippen LogP contribution in [0.1, 0.15) is 34.2 Å². The second kappa shape index (κ2) is 3.99. The van der Waals surface area contributed by atoms with Crippen LogP contribution in [0.4, 0.5) is 0 Å². The van der Waals surface area contributed by atoms with Crippen molar-refractivity contribution in [2.45, 2.75) is 24.6 Å². The molecule has 0 aliphatic heterocycles. The van der Waals surface area contributed by atoms with Gasteiger partial charge in [0.2, 0.25) is 0 Å². The van der Waals surface area contributed by atoms with Crippen molar-refractivity contribution in [1.82, 2.24) is 0 Å². The maximum atomic E-state index is 6.38. The van der Waals surface area contributed by atoms with Crippen molar-refractivity contribution in [2.75, 3.05) is 0 Å². The predicted octanol–water partition coefficient (Wildman–Crippen LogP) is 4.10. The molecule has 1 aromatic heterocycles. The van der Waals surface area contributed by atoms with Gasteiger partial charge in [-0.15, -0.1) is 11.6 Å². The number of benzene rings is 1. The summed E-state index contributed by atoms with van der Waals surface area (Å²) in [6.45, 7) is 0. The second-order valence-electron chi connectivity index (χ2n) is 4.26. The Balaban J connectivity index is 1.95. The van der Waals surface area contributed by atoms with Gasteiger partial charge in [0.1, 0.15) is 11.1 Å². The number of hydrogen-bond acceptors (Lipinski definition) is 1. The number of furan rings is 1. The monoisotopic (exact) mass is 232 g/mol. The van der Waals surface area contributed by atoms with Crippen LogP contribution in [0, 0.1) is 0 Å². The molecule has 1 aliphatic carbocycles. The Hall–Kier alpha value is -1.21. The molecular weight excluding hydrogens is 220 g/mol. The predicted molar refractivity (Wildman–Crippen MR) is 64.9 cm³/mol. The minimum Gasteiger partial charge on any atom is -0.467 e. The van der Waals surface area contributed by atoms with Gasteiger partial charge in [-0.25, -0.2) is 0 Å². The van der Waals surface area contributed by atoms with Crippen molar-refractivity contribution in [2.24, 2.45) is 0 Å². The summed E-state index contributed by atoms with van der Waals surface area (Å²) in [5.74, 6) is 0.819. The zero-order valence-corrected chi connectivity index (χ0v) is 9.70. The summed E-state index contributed by atoms with van der Waals surface area (Å²) in [6, 6.07) is 10.3. The molecule has 0 saturated carbocycles. The van der Waals surface area contributed by atoms with Gasteiger partial charge in [-0.2, -0.15) is 0 Å². The number of rotatable bonds is 2. The molecule has 1 atom stereocenters. The fourth-order valence-corrected chi connectivity index (χ4v) is 2.61. The molecule has 0 spiro atoms. The summed E-state index contributed by atoms with van der Waals surface area (Å²) >= 11 is 6.38. The molecule has 82 valence electrons. The molecule has 1 aromatic carbocycles. The van der Waals surface area contributed by atoms with Crippen molar-refractivity contribution in [1.29, 1.82) is 0 Å². The summed E-state index contributed by atoms with van der Waals surface area (Å²) in [6.07, 6.45) is 5.33. The fraction of sp³-hybridized carbons (Fsp3) is 0.286. The lowest BCUT2D eigenvalue weighted by atomic mass is 10.0. The van der Waals surface area contributed by atoms with Crippen LogP contribution in [0.2, 0.25) is 0 Å². The summed E-state index contributed by atoms with van der Waals surface area (Å²) in [5.41, 5.74) is 4.07. The van der Waals surface area contributed by atoms with E-state index >= 15 is 0 Å². The van der Waals surface area contributed by atoms with Gasteiger partial charge in [0.25, 0.3) is 0 Å². The minimum absolute atomic E-state index is 0.166. The lowest BCUT2D eigenvalue weighted by Gasteiger charge is -2.09. The molecule has 0 N–H and O–H groups in total. The Morgan fingerprint density at radius 1 is 1.12 bits per heavy atom. The first-order valence-electron chi connectivity index (χ1n) is 5.64. The summed E-state index contributed by atoms with van der Waals surface area (Å²) in [4.78, 5) is 0. The molecule has 0 radical (unpaired) electrons. The molecule has 2 heteroatoms. The zero-order chi connectivity index (χ0) is 11.0. The number of alkyl halides is 1. The van der Waals surface area contributed by atoms with Gasteiger partial charge in [0, 0.05) is 0 Å². The van der Waals surface area contributed by atoms with Crippen molar-refractivity contribution in [3.63, 3.8) is 0 Å². The number of halogens is 1. The van der Waals surface area contributed by atoms with Crippen molar-refractivity contribution in [3.8, 4) is 0 Å². The molecule has 0 bridgehead atoms. The number of fused-ring (bicyclic) bond motifs is 1. The maximum Gasteiger partial charge on any atom is 0.126 e. The number of aryl methyl sites for hydroxylation is 2. The van der Waals surface area contributed by atoms with Crippen molar-refractivity contribution >= 4 is 11.6 Å². The summed E-state index contributed by atoms with van der Waals surface area (Å²) < 4.78 is 5.34. The Morgan fingerprint density at radius 2 is 2.00 bits per heavy atom. The highest BCUT2D eigenvalue weighted by Crippen LogP contribution is 2.32. The van der Waals surface area contributed by atoms with Crippen LogP contribution in [-0.2, 0) is 12.8 Å². The van der Waals surface area contributed by atoms with E-state index < -0.39 is 0 Å². The molecule has 3 rings (SSSR count). The third kappa shape index (κ3) is 1.65. The normalized spacial score (nSPS) is 16.1. The van der Waals surface area contributed by atoms with E-state index in [-0.39, 0.29) is 5.38 Å². The van der Waals surface area contributed by atoms with E-state index in [0.717, 1.165) is 11.3 Å². The van der Waals surface area contributed by atoms with Gasteiger partial charge in [-0.1, -0.05) is 18.2 Å². The first-order valence-corrected chi connectivity index (χ1v) is 6.07. The second-order valence-corrected chi connectivity index (χ2v) is 4.70. The first-order chi connectivity index (χ1) is 7.84. The van der Waals surface area contributed by atoms with E-state index in [2.05, 4.69) is 18.2 Å². The van der Waals surface area contributed by atoms with Gasteiger partial charge in [0.05, 0.1) is 6.26 Å². The molecule has 0 saturated heterocycles. The molecule has 0 fully saturated rings. The van der Waals surface area contributed by atoms with Gasteiger partial charge >= 0.3 is 0 Å². The van der Waals surface area contributed by atoms with Gasteiger partial charge in [-0.05, 0) is 48.1 Å². The molecule has 2 aromatic rings. The van der Waals surface area contributed by atoms with E-state index in [1.54, 1.807) is 6.26 Å². The molecule has 1 unspecified atom stereocenters. The first kappa shape index (κ1) is 9.98.